The fraction of sp³-hybridized carbons (Fsp3) is 0.267. The molecule has 1 aromatic carbocycles. The van der Waals surface area contributed by atoms with Gasteiger partial charge in [-0.05, 0) is 23.4 Å². The molecule has 0 bridgehead atoms. The van der Waals surface area contributed by atoms with Gasteiger partial charge in [0.25, 0.3) is 5.91 Å². The van der Waals surface area contributed by atoms with Crippen LogP contribution in [0.2, 0.25) is 0 Å². The third-order valence-corrected chi connectivity index (χ3v) is 4.17. The maximum absolute atomic E-state index is 12.2. The van der Waals surface area contributed by atoms with Crippen molar-refractivity contribution >= 4 is 28.8 Å². The first-order valence-corrected chi connectivity index (χ1v) is 7.68. The monoisotopic (exact) mass is 309 g/mol. The minimum Gasteiger partial charge on any atom is -0.495 e. The predicted molar refractivity (Wildman–Crippen MR) is 83.0 cm³/mol. The highest BCUT2D eigenvalue weighted by Gasteiger charge is 2.18. The Bertz CT molecular complexity index is 556. The maximum Gasteiger partial charge on any atom is 0.265 e. The van der Waals surface area contributed by atoms with Gasteiger partial charge in [-0.25, -0.2) is 0 Å². The van der Waals surface area contributed by atoms with E-state index in [4.69, 9.17) is 16.3 Å². The average Bonchev–Trinajstić information content (AvgIpc) is 2.96. The van der Waals surface area contributed by atoms with Crippen LogP contribution in [0.25, 0.3) is 0 Å². The number of alkyl halides is 1. The van der Waals surface area contributed by atoms with E-state index < -0.39 is 0 Å². The smallest absolute Gasteiger partial charge is 0.265 e. The summed E-state index contributed by atoms with van der Waals surface area (Å²) in [6, 6.07) is 11.7. The van der Waals surface area contributed by atoms with Crippen molar-refractivity contribution < 1.29 is 9.53 Å². The molecule has 106 valence electrons. The molecule has 0 aliphatic rings. The van der Waals surface area contributed by atoms with Crippen LogP contribution >= 0.6 is 22.9 Å². The lowest BCUT2D eigenvalue weighted by Gasteiger charge is -2.16. The van der Waals surface area contributed by atoms with Gasteiger partial charge in [0.1, 0.15) is 10.6 Å². The number of rotatable bonds is 6. The lowest BCUT2D eigenvalue weighted by molar-refractivity contribution is 0.0942. The molecular formula is C15H16ClNO2S. The van der Waals surface area contributed by atoms with E-state index in [0.29, 0.717) is 22.9 Å². The van der Waals surface area contributed by atoms with E-state index in [9.17, 15) is 4.79 Å². The summed E-state index contributed by atoms with van der Waals surface area (Å²) >= 11 is 7.31. The molecule has 1 aromatic heterocycles. The molecule has 1 unspecified atom stereocenters. The zero-order valence-corrected chi connectivity index (χ0v) is 12.7. The van der Waals surface area contributed by atoms with Gasteiger partial charge < -0.3 is 10.1 Å². The number of thiophene rings is 1. The molecule has 0 spiro atoms. The van der Waals surface area contributed by atoms with Crippen molar-refractivity contribution in [1.82, 2.24) is 5.32 Å². The summed E-state index contributed by atoms with van der Waals surface area (Å²) in [7, 11) is 1.56. The number of amides is 1. The number of hydrogen-bond donors (Lipinski definition) is 1. The molecule has 1 atom stereocenters. The highest BCUT2D eigenvalue weighted by Crippen LogP contribution is 2.24. The van der Waals surface area contributed by atoms with E-state index in [2.05, 4.69) is 5.32 Å². The van der Waals surface area contributed by atoms with Crippen molar-refractivity contribution in [3.05, 3.63) is 52.2 Å². The van der Waals surface area contributed by atoms with E-state index >= 15 is 0 Å². The SMILES string of the molecule is COc1ccsc1C(=O)NC(CCl)Cc1ccccc1. The Balaban J connectivity index is 2.01. The Morgan fingerprint density at radius 1 is 1.35 bits per heavy atom. The first-order chi connectivity index (χ1) is 9.74. The van der Waals surface area contributed by atoms with Crippen LogP contribution in [0.15, 0.2) is 41.8 Å². The Morgan fingerprint density at radius 3 is 2.75 bits per heavy atom. The molecule has 0 fully saturated rings. The molecule has 20 heavy (non-hydrogen) atoms. The number of carbonyl (C=O) groups excluding carboxylic acids is 1. The number of hydrogen-bond acceptors (Lipinski definition) is 3. The molecule has 0 saturated carbocycles. The molecule has 0 radical (unpaired) electrons. The van der Waals surface area contributed by atoms with Crippen LogP contribution < -0.4 is 10.1 Å². The summed E-state index contributed by atoms with van der Waals surface area (Å²) in [5.41, 5.74) is 1.15. The van der Waals surface area contributed by atoms with Crippen LogP contribution in [0, 0.1) is 0 Å². The van der Waals surface area contributed by atoms with Gasteiger partial charge in [0.2, 0.25) is 0 Å². The Hall–Kier alpha value is -1.52. The van der Waals surface area contributed by atoms with Gasteiger partial charge in [0, 0.05) is 11.9 Å². The van der Waals surface area contributed by atoms with Crippen LogP contribution in [-0.4, -0.2) is 24.9 Å². The molecule has 2 aromatic rings. The van der Waals surface area contributed by atoms with Crippen LogP contribution in [-0.2, 0) is 6.42 Å². The molecule has 3 nitrogen and oxygen atoms in total. The Kier molecular flexibility index (Phi) is 5.44. The van der Waals surface area contributed by atoms with Crippen molar-refractivity contribution in [2.24, 2.45) is 0 Å². The minimum atomic E-state index is -0.140. The summed E-state index contributed by atoms with van der Waals surface area (Å²) in [5.74, 6) is 0.827. The Labute approximate surface area is 127 Å². The number of nitrogens with one attached hydrogen (secondary N) is 1. The highest BCUT2D eigenvalue weighted by molar-refractivity contribution is 7.12. The average molecular weight is 310 g/mol. The lowest BCUT2D eigenvalue weighted by Crippen LogP contribution is -2.37. The fourth-order valence-electron chi connectivity index (χ4n) is 1.92. The molecule has 5 heteroatoms. The molecular weight excluding hydrogens is 294 g/mol. The van der Waals surface area contributed by atoms with E-state index in [-0.39, 0.29) is 11.9 Å². The standard InChI is InChI=1S/C15H16ClNO2S/c1-19-13-7-8-20-14(13)15(18)17-12(10-16)9-11-5-3-2-4-6-11/h2-8,12H,9-10H2,1H3,(H,17,18). The third kappa shape index (κ3) is 3.74. The van der Waals surface area contributed by atoms with Crippen molar-refractivity contribution in [1.29, 1.82) is 0 Å². The molecule has 1 heterocycles. The second kappa shape index (κ2) is 7.31. The fourth-order valence-corrected chi connectivity index (χ4v) is 2.86. The van der Waals surface area contributed by atoms with Gasteiger partial charge in [-0.2, -0.15) is 0 Å². The summed E-state index contributed by atoms with van der Waals surface area (Å²) < 4.78 is 5.16. The lowest BCUT2D eigenvalue weighted by atomic mass is 10.1. The second-order valence-corrected chi connectivity index (χ2v) is 5.56. The number of carbonyl (C=O) groups is 1. The van der Waals surface area contributed by atoms with E-state index in [1.54, 1.807) is 13.2 Å². The normalized spacial score (nSPS) is 11.9. The zero-order valence-electron chi connectivity index (χ0n) is 11.1. The summed E-state index contributed by atoms with van der Waals surface area (Å²) in [6.45, 7) is 0. The first kappa shape index (κ1) is 14.9. The van der Waals surface area contributed by atoms with E-state index in [0.717, 1.165) is 5.56 Å². The van der Waals surface area contributed by atoms with Gasteiger partial charge in [-0.15, -0.1) is 22.9 Å². The van der Waals surface area contributed by atoms with Crippen LogP contribution in [0.4, 0.5) is 0 Å². The molecule has 0 aliphatic carbocycles. The minimum absolute atomic E-state index is 0.0987. The number of halogens is 1. The zero-order chi connectivity index (χ0) is 14.4. The summed E-state index contributed by atoms with van der Waals surface area (Å²) in [6.07, 6.45) is 0.712. The number of methoxy groups -OCH3 is 1. The van der Waals surface area contributed by atoms with E-state index in [1.807, 2.05) is 35.7 Å². The molecule has 2 rings (SSSR count). The Morgan fingerprint density at radius 2 is 2.10 bits per heavy atom. The second-order valence-electron chi connectivity index (χ2n) is 4.33. The predicted octanol–water partition coefficient (Wildman–Crippen LogP) is 3.34. The number of benzene rings is 1. The maximum atomic E-state index is 12.2. The summed E-state index contributed by atoms with van der Waals surface area (Å²) in [5, 5.41) is 4.79. The van der Waals surface area contributed by atoms with Gasteiger partial charge in [-0.1, -0.05) is 30.3 Å². The molecule has 1 N–H and O–H groups in total. The van der Waals surface area contributed by atoms with Gasteiger partial charge >= 0.3 is 0 Å². The molecule has 0 saturated heterocycles. The highest BCUT2D eigenvalue weighted by atomic mass is 35.5. The molecule has 0 aliphatic heterocycles. The summed E-state index contributed by atoms with van der Waals surface area (Å²) in [4.78, 5) is 12.8. The topological polar surface area (TPSA) is 38.3 Å². The van der Waals surface area contributed by atoms with E-state index in [1.165, 1.54) is 11.3 Å². The van der Waals surface area contributed by atoms with Crippen LogP contribution in [0.3, 0.4) is 0 Å². The van der Waals surface area contributed by atoms with Crippen molar-refractivity contribution in [2.75, 3.05) is 13.0 Å². The van der Waals surface area contributed by atoms with Crippen LogP contribution in [0.1, 0.15) is 15.2 Å². The van der Waals surface area contributed by atoms with Gasteiger partial charge in [0.05, 0.1) is 7.11 Å². The van der Waals surface area contributed by atoms with Crippen molar-refractivity contribution in [3.63, 3.8) is 0 Å². The first-order valence-electron chi connectivity index (χ1n) is 6.27. The van der Waals surface area contributed by atoms with Gasteiger partial charge in [0.15, 0.2) is 0 Å². The van der Waals surface area contributed by atoms with Crippen LogP contribution in [0.5, 0.6) is 5.75 Å². The van der Waals surface area contributed by atoms with Gasteiger partial charge in [-0.3, -0.25) is 4.79 Å². The van der Waals surface area contributed by atoms with Crippen molar-refractivity contribution in [3.8, 4) is 5.75 Å². The quantitative estimate of drug-likeness (QED) is 0.831. The number of ether oxygens (including phenoxy) is 1. The largest absolute Gasteiger partial charge is 0.495 e. The molecule has 1 amide bonds. The van der Waals surface area contributed by atoms with Crippen molar-refractivity contribution in [2.45, 2.75) is 12.5 Å². The third-order valence-electron chi connectivity index (χ3n) is 2.90.